The van der Waals surface area contributed by atoms with E-state index in [1.807, 2.05) is 5.38 Å². The van der Waals surface area contributed by atoms with Crippen molar-refractivity contribution in [1.29, 1.82) is 0 Å². The minimum absolute atomic E-state index is 0.0984. The van der Waals surface area contributed by atoms with Crippen molar-refractivity contribution in [3.63, 3.8) is 0 Å². The van der Waals surface area contributed by atoms with Crippen molar-refractivity contribution in [2.75, 3.05) is 18.4 Å². The third kappa shape index (κ3) is 3.49. The summed E-state index contributed by atoms with van der Waals surface area (Å²) in [6.45, 7) is 3.91. The zero-order valence-electron chi connectivity index (χ0n) is 12.1. The summed E-state index contributed by atoms with van der Waals surface area (Å²) >= 11 is 1.48. The van der Waals surface area contributed by atoms with E-state index in [9.17, 15) is 4.79 Å². The molecule has 3 rings (SSSR count). The first kappa shape index (κ1) is 14.2. The highest BCUT2D eigenvalue weighted by Gasteiger charge is 2.21. The predicted octanol–water partition coefficient (Wildman–Crippen LogP) is 3.06. The van der Waals surface area contributed by atoms with Gasteiger partial charge in [-0.2, -0.15) is 0 Å². The van der Waals surface area contributed by atoms with Gasteiger partial charge in [-0.3, -0.25) is 4.79 Å². The number of aryl methyl sites for hydroxylation is 1. The molecule has 0 radical (unpaired) electrons. The molecule has 110 valence electrons. The van der Waals surface area contributed by atoms with E-state index in [0.717, 1.165) is 37.2 Å². The van der Waals surface area contributed by atoms with Crippen LogP contribution in [0.1, 0.15) is 18.4 Å². The van der Waals surface area contributed by atoms with Crippen molar-refractivity contribution in [2.24, 2.45) is 5.92 Å². The summed E-state index contributed by atoms with van der Waals surface area (Å²) in [4.78, 5) is 16.7. The number of thiazole rings is 1. The monoisotopic (exact) mass is 301 g/mol. The zero-order valence-corrected chi connectivity index (χ0v) is 12.9. The normalized spacial score (nSPS) is 15.9. The topological polar surface area (TPSA) is 54.0 Å². The smallest absolute Gasteiger partial charge is 0.229 e. The first-order valence-electron chi connectivity index (χ1n) is 7.26. The third-order valence-corrected chi connectivity index (χ3v) is 4.55. The second-order valence-corrected chi connectivity index (χ2v) is 6.28. The van der Waals surface area contributed by atoms with E-state index in [1.165, 1.54) is 16.9 Å². The van der Waals surface area contributed by atoms with Gasteiger partial charge >= 0.3 is 0 Å². The second kappa shape index (κ2) is 6.37. The summed E-state index contributed by atoms with van der Waals surface area (Å²) in [7, 11) is 0. The standard InChI is InChI=1S/C16H19N3OS/c1-11-2-4-12(5-3-11)14-10-21-16(18-14)19-15(20)13-6-8-17-9-7-13/h2-5,10,13,17H,6-9H2,1H3,(H,18,19,20). The fourth-order valence-electron chi connectivity index (χ4n) is 2.48. The van der Waals surface area contributed by atoms with Crippen LogP contribution in [0.5, 0.6) is 0 Å². The molecular formula is C16H19N3OS. The van der Waals surface area contributed by atoms with Gasteiger partial charge in [0.1, 0.15) is 0 Å². The minimum atomic E-state index is 0.0984. The molecule has 21 heavy (non-hydrogen) atoms. The summed E-state index contributed by atoms with van der Waals surface area (Å²) in [5.41, 5.74) is 3.23. The number of piperidine rings is 1. The van der Waals surface area contributed by atoms with Crippen LogP contribution in [0, 0.1) is 12.8 Å². The largest absolute Gasteiger partial charge is 0.317 e. The second-order valence-electron chi connectivity index (χ2n) is 5.42. The van der Waals surface area contributed by atoms with Gasteiger partial charge in [0.05, 0.1) is 5.69 Å². The van der Waals surface area contributed by atoms with E-state index in [-0.39, 0.29) is 11.8 Å². The Kier molecular flexibility index (Phi) is 4.31. The van der Waals surface area contributed by atoms with Crippen molar-refractivity contribution >= 4 is 22.4 Å². The number of carbonyl (C=O) groups is 1. The van der Waals surface area contributed by atoms with E-state index >= 15 is 0 Å². The Morgan fingerprint density at radius 1 is 1.29 bits per heavy atom. The number of nitrogens with one attached hydrogen (secondary N) is 2. The van der Waals surface area contributed by atoms with Crippen LogP contribution in [-0.4, -0.2) is 24.0 Å². The van der Waals surface area contributed by atoms with Crippen molar-refractivity contribution in [2.45, 2.75) is 19.8 Å². The molecule has 0 bridgehead atoms. The van der Waals surface area contributed by atoms with E-state index in [4.69, 9.17) is 0 Å². The van der Waals surface area contributed by atoms with Crippen LogP contribution in [-0.2, 0) is 4.79 Å². The fraction of sp³-hybridized carbons (Fsp3) is 0.375. The lowest BCUT2D eigenvalue weighted by molar-refractivity contribution is -0.120. The maximum absolute atomic E-state index is 12.2. The first-order chi connectivity index (χ1) is 10.2. The maximum atomic E-state index is 12.2. The molecule has 2 heterocycles. The average molecular weight is 301 g/mol. The molecule has 0 aliphatic carbocycles. The van der Waals surface area contributed by atoms with Gasteiger partial charge in [0, 0.05) is 16.9 Å². The van der Waals surface area contributed by atoms with Crippen LogP contribution in [0.2, 0.25) is 0 Å². The highest BCUT2D eigenvalue weighted by molar-refractivity contribution is 7.14. The average Bonchev–Trinajstić information content (AvgIpc) is 2.97. The molecule has 1 aromatic carbocycles. The Morgan fingerprint density at radius 2 is 2.00 bits per heavy atom. The molecule has 0 unspecified atom stereocenters. The quantitative estimate of drug-likeness (QED) is 0.916. The molecule has 1 aliphatic rings. The Labute approximate surface area is 128 Å². The maximum Gasteiger partial charge on any atom is 0.229 e. The summed E-state index contributed by atoms with van der Waals surface area (Å²) in [6, 6.07) is 8.26. The number of aromatic nitrogens is 1. The molecule has 0 spiro atoms. The van der Waals surface area contributed by atoms with Crippen LogP contribution in [0.3, 0.4) is 0 Å². The van der Waals surface area contributed by atoms with E-state index < -0.39 is 0 Å². The highest BCUT2D eigenvalue weighted by atomic mass is 32.1. The molecule has 1 fully saturated rings. The highest BCUT2D eigenvalue weighted by Crippen LogP contribution is 2.26. The molecule has 4 nitrogen and oxygen atoms in total. The van der Waals surface area contributed by atoms with Gasteiger partial charge < -0.3 is 10.6 Å². The van der Waals surface area contributed by atoms with Crippen LogP contribution >= 0.6 is 11.3 Å². The van der Waals surface area contributed by atoms with Crippen LogP contribution < -0.4 is 10.6 Å². The lowest BCUT2D eigenvalue weighted by atomic mass is 9.97. The van der Waals surface area contributed by atoms with E-state index in [2.05, 4.69) is 46.8 Å². The Hall–Kier alpha value is -1.72. The first-order valence-corrected chi connectivity index (χ1v) is 8.14. The van der Waals surface area contributed by atoms with Crippen LogP contribution in [0.25, 0.3) is 11.3 Å². The number of nitrogens with zero attached hydrogens (tertiary/aromatic N) is 1. The minimum Gasteiger partial charge on any atom is -0.317 e. The number of hydrogen-bond acceptors (Lipinski definition) is 4. The zero-order chi connectivity index (χ0) is 14.7. The Morgan fingerprint density at radius 3 is 2.71 bits per heavy atom. The van der Waals surface area contributed by atoms with Gasteiger partial charge in [-0.05, 0) is 32.9 Å². The molecule has 2 aromatic rings. The number of anilines is 1. The van der Waals surface area contributed by atoms with Crippen molar-refractivity contribution in [1.82, 2.24) is 10.3 Å². The van der Waals surface area contributed by atoms with Gasteiger partial charge in [0.15, 0.2) is 5.13 Å². The molecule has 1 aromatic heterocycles. The molecule has 2 N–H and O–H groups in total. The number of carbonyl (C=O) groups excluding carboxylic acids is 1. The number of hydrogen-bond donors (Lipinski definition) is 2. The molecular weight excluding hydrogens is 282 g/mol. The Bertz CT molecular complexity index is 615. The molecule has 5 heteroatoms. The van der Waals surface area contributed by atoms with Crippen molar-refractivity contribution in [3.05, 3.63) is 35.2 Å². The predicted molar refractivity (Wildman–Crippen MR) is 86.5 cm³/mol. The van der Waals surface area contributed by atoms with Gasteiger partial charge in [-0.15, -0.1) is 11.3 Å². The van der Waals surface area contributed by atoms with E-state index in [1.54, 1.807) is 0 Å². The molecule has 1 amide bonds. The van der Waals surface area contributed by atoms with Gasteiger partial charge in [0.2, 0.25) is 5.91 Å². The number of benzene rings is 1. The molecule has 0 atom stereocenters. The SMILES string of the molecule is Cc1ccc(-c2csc(NC(=O)C3CCNCC3)n2)cc1. The van der Waals surface area contributed by atoms with Crippen LogP contribution in [0.4, 0.5) is 5.13 Å². The van der Waals surface area contributed by atoms with E-state index in [0.29, 0.717) is 5.13 Å². The molecule has 1 saturated heterocycles. The fourth-order valence-corrected chi connectivity index (χ4v) is 3.20. The number of amides is 1. The van der Waals surface area contributed by atoms with Gasteiger partial charge in [-0.25, -0.2) is 4.98 Å². The lowest BCUT2D eigenvalue weighted by Gasteiger charge is -2.20. The lowest BCUT2D eigenvalue weighted by Crippen LogP contribution is -2.34. The van der Waals surface area contributed by atoms with Gasteiger partial charge in [-0.1, -0.05) is 29.8 Å². The van der Waals surface area contributed by atoms with Crippen molar-refractivity contribution < 1.29 is 4.79 Å². The molecule has 0 saturated carbocycles. The third-order valence-electron chi connectivity index (χ3n) is 3.79. The van der Waals surface area contributed by atoms with Crippen LogP contribution in [0.15, 0.2) is 29.6 Å². The number of rotatable bonds is 3. The summed E-state index contributed by atoms with van der Waals surface area (Å²) in [5, 5.41) is 8.90. The summed E-state index contributed by atoms with van der Waals surface area (Å²) < 4.78 is 0. The summed E-state index contributed by atoms with van der Waals surface area (Å²) in [5.74, 6) is 0.208. The Balaban J connectivity index is 1.67. The summed E-state index contributed by atoms with van der Waals surface area (Å²) in [6.07, 6.45) is 1.81. The van der Waals surface area contributed by atoms with Crippen molar-refractivity contribution in [3.8, 4) is 11.3 Å². The van der Waals surface area contributed by atoms with Gasteiger partial charge in [0.25, 0.3) is 0 Å². The molecule has 1 aliphatic heterocycles.